The monoisotopic (exact) mass is 291 g/mol. The smallest absolute Gasteiger partial charge is 0.231 e. The third kappa shape index (κ3) is 1.62. The van der Waals surface area contributed by atoms with Gasteiger partial charge < -0.3 is 9.47 Å². The molecule has 2 heterocycles. The molecule has 0 unspecified atom stereocenters. The van der Waals surface area contributed by atoms with E-state index in [1.54, 1.807) is 6.07 Å². The number of nitrogens with zero attached hydrogens (tertiary/aromatic N) is 1. The van der Waals surface area contributed by atoms with Crippen molar-refractivity contribution in [2.45, 2.75) is 0 Å². The molecular formula is C14H7Cl2NO2. The van der Waals surface area contributed by atoms with Crippen LogP contribution in [0.4, 0.5) is 0 Å². The summed E-state index contributed by atoms with van der Waals surface area (Å²) in [5, 5.41) is 2.93. The average Bonchev–Trinajstić information content (AvgIpc) is 2.85. The van der Waals surface area contributed by atoms with Gasteiger partial charge in [0.2, 0.25) is 6.79 Å². The number of benzene rings is 2. The quantitative estimate of drug-likeness (QED) is 0.575. The molecule has 94 valence electrons. The van der Waals surface area contributed by atoms with Crippen molar-refractivity contribution in [3.05, 3.63) is 40.4 Å². The standard InChI is InChI=1S/C14H7Cl2NO2/c15-7-1-2-10-8(3-7)14(16)9-4-12-13(19-6-18-12)5-11(9)17-10/h1-5H,6H2. The number of hydrogen-bond donors (Lipinski definition) is 0. The molecule has 4 rings (SSSR count). The highest BCUT2D eigenvalue weighted by Gasteiger charge is 2.17. The number of hydrogen-bond acceptors (Lipinski definition) is 3. The Bertz CT molecular complexity index is 833. The number of halogens is 2. The number of ether oxygens (including phenoxy) is 2. The Morgan fingerprint density at radius 1 is 0.895 bits per heavy atom. The predicted molar refractivity (Wildman–Crippen MR) is 75.4 cm³/mol. The van der Waals surface area contributed by atoms with E-state index in [2.05, 4.69) is 4.98 Å². The SMILES string of the molecule is Clc1ccc2nc3cc4c(cc3c(Cl)c2c1)OCO4. The van der Waals surface area contributed by atoms with Crippen LogP contribution in [0.5, 0.6) is 11.5 Å². The maximum Gasteiger partial charge on any atom is 0.231 e. The Kier molecular flexibility index (Phi) is 2.28. The van der Waals surface area contributed by atoms with Gasteiger partial charge in [-0.1, -0.05) is 23.2 Å². The molecule has 19 heavy (non-hydrogen) atoms. The van der Waals surface area contributed by atoms with Crippen LogP contribution < -0.4 is 9.47 Å². The van der Waals surface area contributed by atoms with Crippen molar-refractivity contribution in [1.29, 1.82) is 0 Å². The number of fused-ring (bicyclic) bond motifs is 3. The first-order valence-corrected chi connectivity index (χ1v) is 6.46. The van der Waals surface area contributed by atoms with E-state index in [0.29, 0.717) is 21.5 Å². The van der Waals surface area contributed by atoms with Gasteiger partial charge in [0.25, 0.3) is 0 Å². The van der Waals surface area contributed by atoms with Crippen LogP contribution in [0.2, 0.25) is 10.0 Å². The normalized spacial score (nSPS) is 13.4. The molecule has 3 nitrogen and oxygen atoms in total. The molecule has 0 atom stereocenters. The van der Waals surface area contributed by atoms with Crippen molar-refractivity contribution in [1.82, 2.24) is 4.98 Å². The minimum absolute atomic E-state index is 0.231. The van der Waals surface area contributed by atoms with E-state index in [9.17, 15) is 0 Å². The zero-order chi connectivity index (χ0) is 13.0. The molecule has 1 aromatic heterocycles. The van der Waals surface area contributed by atoms with Gasteiger partial charge in [0.05, 0.1) is 16.1 Å². The first kappa shape index (κ1) is 11.1. The van der Waals surface area contributed by atoms with E-state index in [-0.39, 0.29) is 6.79 Å². The van der Waals surface area contributed by atoms with E-state index in [1.165, 1.54) is 0 Å². The fourth-order valence-corrected chi connectivity index (χ4v) is 2.73. The zero-order valence-corrected chi connectivity index (χ0v) is 11.1. The second-order valence-corrected chi connectivity index (χ2v) is 5.12. The van der Waals surface area contributed by atoms with E-state index in [0.717, 1.165) is 21.8 Å². The van der Waals surface area contributed by atoms with Crippen molar-refractivity contribution in [2.24, 2.45) is 0 Å². The molecule has 0 saturated heterocycles. The molecule has 0 bridgehead atoms. The first-order valence-electron chi connectivity index (χ1n) is 5.70. The highest BCUT2D eigenvalue weighted by Crippen LogP contribution is 2.40. The fourth-order valence-electron chi connectivity index (χ4n) is 2.26. The van der Waals surface area contributed by atoms with Crippen LogP contribution in [0.3, 0.4) is 0 Å². The minimum atomic E-state index is 0.231. The van der Waals surface area contributed by atoms with Crippen LogP contribution in [-0.2, 0) is 0 Å². The van der Waals surface area contributed by atoms with Crippen molar-refractivity contribution in [3.8, 4) is 11.5 Å². The van der Waals surface area contributed by atoms with Crippen molar-refractivity contribution >= 4 is 45.0 Å². The average molecular weight is 292 g/mol. The molecule has 0 fully saturated rings. The summed E-state index contributed by atoms with van der Waals surface area (Å²) in [4.78, 5) is 4.58. The summed E-state index contributed by atoms with van der Waals surface area (Å²) in [6, 6.07) is 9.17. The molecule has 0 aliphatic carbocycles. The van der Waals surface area contributed by atoms with E-state index in [4.69, 9.17) is 32.7 Å². The minimum Gasteiger partial charge on any atom is -0.454 e. The van der Waals surface area contributed by atoms with Gasteiger partial charge >= 0.3 is 0 Å². The molecule has 5 heteroatoms. The summed E-state index contributed by atoms with van der Waals surface area (Å²) in [6.45, 7) is 0.231. The number of aromatic nitrogens is 1. The molecule has 0 amide bonds. The first-order chi connectivity index (χ1) is 9.22. The summed E-state index contributed by atoms with van der Waals surface area (Å²) in [5.74, 6) is 1.39. The third-order valence-corrected chi connectivity index (χ3v) is 3.81. The Hall–Kier alpha value is -1.71. The van der Waals surface area contributed by atoms with Crippen LogP contribution in [0.1, 0.15) is 0 Å². The largest absolute Gasteiger partial charge is 0.454 e. The fraction of sp³-hybridized carbons (Fsp3) is 0.0714. The van der Waals surface area contributed by atoms with Crippen LogP contribution in [-0.4, -0.2) is 11.8 Å². The Morgan fingerprint density at radius 2 is 1.63 bits per heavy atom. The lowest BCUT2D eigenvalue weighted by molar-refractivity contribution is 0.174. The van der Waals surface area contributed by atoms with Crippen LogP contribution >= 0.6 is 23.2 Å². The summed E-state index contributed by atoms with van der Waals surface area (Å²) >= 11 is 12.5. The molecule has 1 aliphatic heterocycles. The van der Waals surface area contributed by atoms with Crippen LogP contribution in [0, 0.1) is 0 Å². The van der Waals surface area contributed by atoms with Gasteiger partial charge in [0.15, 0.2) is 11.5 Å². The van der Waals surface area contributed by atoms with Crippen molar-refractivity contribution in [3.63, 3.8) is 0 Å². The molecule has 2 aromatic carbocycles. The zero-order valence-electron chi connectivity index (χ0n) is 9.61. The lowest BCUT2D eigenvalue weighted by atomic mass is 10.1. The lowest BCUT2D eigenvalue weighted by Gasteiger charge is -2.07. The van der Waals surface area contributed by atoms with Crippen molar-refractivity contribution < 1.29 is 9.47 Å². The summed E-state index contributed by atoms with van der Waals surface area (Å²) < 4.78 is 10.7. The second-order valence-electron chi connectivity index (χ2n) is 4.31. The Morgan fingerprint density at radius 3 is 2.47 bits per heavy atom. The molecular weight excluding hydrogens is 285 g/mol. The van der Waals surface area contributed by atoms with Gasteiger partial charge in [0, 0.05) is 21.9 Å². The summed E-state index contributed by atoms with van der Waals surface area (Å²) in [7, 11) is 0. The van der Waals surface area contributed by atoms with E-state index < -0.39 is 0 Å². The third-order valence-electron chi connectivity index (χ3n) is 3.16. The highest BCUT2D eigenvalue weighted by atomic mass is 35.5. The maximum atomic E-state index is 6.45. The summed E-state index contributed by atoms with van der Waals surface area (Å²) in [5.41, 5.74) is 1.59. The lowest BCUT2D eigenvalue weighted by Crippen LogP contribution is -1.92. The predicted octanol–water partition coefficient (Wildman–Crippen LogP) is 4.42. The van der Waals surface area contributed by atoms with Gasteiger partial charge in [-0.05, 0) is 24.3 Å². The Labute approximate surface area is 118 Å². The van der Waals surface area contributed by atoms with Crippen LogP contribution in [0.25, 0.3) is 21.8 Å². The molecule has 0 spiro atoms. The second kappa shape index (κ2) is 3.89. The van der Waals surface area contributed by atoms with Gasteiger partial charge in [-0.25, -0.2) is 4.98 Å². The maximum absolute atomic E-state index is 6.45. The number of rotatable bonds is 0. The van der Waals surface area contributed by atoms with E-state index in [1.807, 2.05) is 24.3 Å². The molecule has 0 saturated carbocycles. The molecule has 0 radical (unpaired) electrons. The molecule has 1 aliphatic rings. The van der Waals surface area contributed by atoms with Gasteiger partial charge in [-0.2, -0.15) is 0 Å². The Balaban J connectivity index is 2.16. The van der Waals surface area contributed by atoms with Gasteiger partial charge in [-0.3, -0.25) is 0 Å². The van der Waals surface area contributed by atoms with Gasteiger partial charge in [-0.15, -0.1) is 0 Å². The topological polar surface area (TPSA) is 31.4 Å². The van der Waals surface area contributed by atoms with Crippen molar-refractivity contribution in [2.75, 3.05) is 6.79 Å². The van der Waals surface area contributed by atoms with E-state index >= 15 is 0 Å². The highest BCUT2D eigenvalue weighted by molar-refractivity contribution is 6.41. The molecule has 0 N–H and O–H groups in total. The van der Waals surface area contributed by atoms with Crippen LogP contribution in [0.15, 0.2) is 30.3 Å². The molecule has 3 aromatic rings. The van der Waals surface area contributed by atoms with Gasteiger partial charge in [0.1, 0.15) is 0 Å². The summed E-state index contributed by atoms with van der Waals surface area (Å²) in [6.07, 6.45) is 0. The number of pyridine rings is 1.